The van der Waals surface area contributed by atoms with E-state index in [1.54, 1.807) is 38.5 Å². The second-order valence-electron chi connectivity index (χ2n) is 25.2. The highest BCUT2D eigenvalue weighted by Crippen LogP contribution is 2.51. The van der Waals surface area contributed by atoms with Gasteiger partial charge in [0.05, 0.1) is 0 Å². The molecule has 0 aromatic carbocycles. The predicted molar refractivity (Wildman–Crippen MR) is 261 cm³/mol. The summed E-state index contributed by atoms with van der Waals surface area (Å²) in [5.74, 6) is 6.96. The third-order valence-electron chi connectivity index (χ3n) is 21.2. The van der Waals surface area contributed by atoms with Crippen molar-refractivity contribution in [2.24, 2.45) is 41.4 Å². The van der Waals surface area contributed by atoms with E-state index in [4.69, 9.17) is 0 Å². The molecule has 9 fully saturated rings. The van der Waals surface area contributed by atoms with Crippen molar-refractivity contribution in [3.63, 3.8) is 0 Å². The van der Waals surface area contributed by atoms with Crippen LogP contribution in [0.4, 0.5) is 0 Å². The first-order chi connectivity index (χ1) is 30.0. The molecule has 0 saturated heterocycles. The molecule has 350 valence electrons. The van der Waals surface area contributed by atoms with E-state index in [1.807, 2.05) is 0 Å². The zero-order chi connectivity index (χ0) is 41.5. The van der Waals surface area contributed by atoms with Crippen LogP contribution in [0.15, 0.2) is 0 Å². The lowest BCUT2D eigenvalue weighted by Crippen LogP contribution is -2.59. The topological polar surface area (TPSA) is 9.72 Å². The van der Waals surface area contributed by atoms with Gasteiger partial charge in [-0.2, -0.15) is 0 Å². The molecule has 0 aromatic heterocycles. The van der Waals surface area contributed by atoms with Crippen LogP contribution in [0.1, 0.15) is 271 Å². The monoisotopic (exact) mass is 842 g/mol. The van der Waals surface area contributed by atoms with E-state index in [2.05, 4.69) is 35.5 Å². The van der Waals surface area contributed by atoms with Gasteiger partial charge in [0.2, 0.25) is 0 Å². The van der Waals surface area contributed by atoms with Gasteiger partial charge >= 0.3 is 0 Å². The van der Waals surface area contributed by atoms with Crippen LogP contribution in [0.25, 0.3) is 0 Å². The smallest absolute Gasteiger partial charge is 0.0128 e. The van der Waals surface area contributed by atoms with Crippen molar-refractivity contribution in [3.05, 3.63) is 0 Å². The maximum Gasteiger partial charge on any atom is 0.0128 e. The summed E-state index contributed by atoms with van der Waals surface area (Å²) < 4.78 is 0. The molecule has 0 bridgehead atoms. The Bertz CT molecular complexity index is 1160. The highest BCUT2D eigenvalue weighted by Gasteiger charge is 2.47. The molecular weight excluding hydrogens is 739 g/mol. The number of nitrogens with zero attached hydrogens (tertiary/aromatic N) is 3. The van der Waals surface area contributed by atoms with Crippen LogP contribution in [0.2, 0.25) is 0 Å². The Morgan fingerprint density at radius 3 is 1.11 bits per heavy atom. The molecule has 0 heterocycles. The fourth-order valence-electron chi connectivity index (χ4n) is 18.4. The number of hydrogen-bond acceptors (Lipinski definition) is 3. The third-order valence-corrected chi connectivity index (χ3v) is 21.2. The van der Waals surface area contributed by atoms with Gasteiger partial charge in [0.25, 0.3) is 0 Å². The first-order valence-corrected chi connectivity index (χ1v) is 29.3. The van der Waals surface area contributed by atoms with Crippen molar-refractivity contribution < 1.29 is 0 Å². The van der Waals surface area contributed by atoms with E-state index in [-0.39, 0.29) is 0 Å². The maximum atomic E-state index is 3.42. The molecule has 0 spiro atoms. The summed E-state index contributed by atoms with van der Waals surface area (Å²) in [5, 5.41) is 0. The summed E-state index contributed by atoms with van der Waals surface area (Å²) in [7, 11) is 0. The van der Waals surface area contributed by atoms with Gasteiger partial charge in [-0.1, -0.05) is 143 Å². The first kappa shape index (κ1) is 46.0. The molecule has 61 heavy (non-hydrogen) atoms. The molecule has 0 aliphatic heterocycles. The van der Waals surface area contributed by atoms with Gasteiger partial charge < -0.3 is 0 Å². The van der Waals surface area contributed by atoms with Crippen LogP contribution in [0, 0.1) is 41.4 Å². The standard InChI is InChI=1S/C58H103N3/c1-43-18-16-22-48(40-43)58(46-20-8-4-9-21-46)47-30-32-53(33-31-47)61(54-36-34-52(35-37-54)60(51-27-14-7-15-28-51)55-29-17-19-44(2)41-55)57-39-38-56(42-45(57)3)59(49-23-10-5-11-24-49)50-25-12-6-13-26-50/h43-58H,4-42H2,1-3H3. The van der Waals surface area contributed by atoms with Crippen LogP contribution in [0.3, 0.4) is 0 Å². The Hall–Kier alpha value is -0.120. The lowest BCUT2D eigenvalue weighted by molar-refractivity contribution is -0.0567. The van der Waals surface area contributed by atoms with Crippen LogP contribution in [-0.4, -0.2) is 69.1 Å². The summed E-state index contributed by atoms with van der Waals surface area (Å²) in [4.78, 5) is 9.97. The summed E-state index contributed by atoms with van der Waals surface area (Å²) in [5.41, 5.74) is 0. The maximum absolute atomic E-state index is 3.42. The van der Waals surface area contributed by atoms with E-state index < -0.39 is 0 Å². The average molecular weight is 842 g/mol. The zero-order valence-corrected chi connectivity index (χ0v) is 41.2. The SMILES string of the molecule is CC1CCCC(C(C2CCCCC2)C2CCC(N(C3CCC(N(C4CCCCC4)C4CCCC(C)C4)CC3)C3CCC(N(C4CCCCC4)C4CCCCC4)CC3C)CC2)C1. The average Bonchev–Trinajstić information content (AvgIpc) is 3.30. The molecule has 9 rings (SSSR count). The highest BCUT2D eigenvalue weighted by molar-refractivity contribution is 5.01. The van der Waals surface area contributed by atoms with Crippen molar-refractivity contribution in [3.8, 4) is 0 Å². The molecule has 3 nitrogen and oxygen atoms in total. The fraction of sp³-hybridized carbons (Fsp3) is 1.00. The molecule has 0 aromatic rings. The predicted octanol–water partition coefficient (Wildman–Crippen LogP) is 15.9. The van der Waals surface area contributed by atoms with Gasteiger partial charge in [-0.25, -0.2) is 0 Å². The highest BCUT2D eigenvalue weighted by atomic mass is 15.3. The molecular formula is C58H103N3. The molecule has 9 saturated carbocycles. The summed E-state index contributed by atoms with van der Waals surface area (Å²) >= 11 is 0. The Kier molecular flexibility index (Phi) is 17.0. The van der Waals surface area contributed by atoms with Gasteiger partial charge in [-0.05, 0) is 170 Å². The van der Waals surface area contributed by atoms with Gasteiger partial charge in [0, 0.05) is 54.4 Å². The third kappa shape index (κ3) is 11.4. The summed E-state index contributed by atoms with van der Waals surface area (Å²) in [6.45, 7) is 7.98. The second kappa shape index (κ2) is 22.6. The van der Waals surface area contributed by atoms with Crippen molar-refractivity contribution in [1.82, 2.24) is 14.7 Å². The van der Waals surface area contributed by atoms with Crippen LogP contribution in [0.5, 0.6) is 0 Å². The van der Waals surface area contributed by atoms with Crippen molar-refractivity contribution >= 4 is 0 Å². The minimum absolute atomic E-state index is 0.834. The molecule has 8 unspecified atom stereocenters. The molecule has 0 radical (unpaired) electrons. The number of hydrogen-bond donors (Lipinski definition) is 0. The van der Waals surface area contributed by atoms with E-state index in [9.17, 15) is 0 Å². The summed E-state index contributed by atoms with van der Waals surface area (Å²) in [6.07, 6.45) is 59.1. The van der Waals surface area contributed by atoms with Gasteiger partial charge in [0.1, 0.15) is 0 Å². The van der Waals surface area contributed by atoms with Gasteiger partial charge in [-0.3, -0.25) is 14.7 Å². The fourth-order valence-corrected chi connectivity index (χ4v) is 18.4. The zero-order valence-electron chi connectivity index (χ0n) is 41.2. The summed E-state index contributed by atoms with van der Waals surface area (Å²) in [6, 6.07) is 7.86. The largest absolute Gasteiger partial charge is 0.294 e. The Morgan fingerprint density at radius 2 is 0.623 bits per heavy atom. The van der Waals surface area contributed by atoms with Crippen molar-refractivity contribution in [1.29, 1.82) is 0 Å². The van der Waals surface area contributed by atoms with E-state index in [0.29, 0.717) is 0 Å². The van der Waals surface area contributed by atoms with Crippen molar-refractivity contribution in [2.75, 3.05) is 0 Å². The van der Waals surface area contributed by atoms with Crippen LogP contribution in [-0.2, 0) is 0 Å². The molecule has 0 amide bonds. The van der Waals surface area contributed by atoms with E-state index >= 15 is 0 Å². The quantitative estimate of drug-likeness (QED) is 0.194. The molecule has 9 aliphatic carbocycles. The Morgan fingerprint density at radius 1 is 0.262 bits per heavy atom. The van der Waals surface area contributed by atoms with Crippen LogP contribution >= 0.6 is 0 Å². The first-order valence-electron chi connectivity index (χ1n) is 29.3. The van der Waals surface area contributed by atoms with E-state index in [1.165, 1.54) is 212 Å². The molecule has 3 heteroatoms. The Balaban J connectivity index is 0.925. The lowest BCUT2D eigenvalue weighted by Gasteiger charge is -2.55. The van der Waals surface area contributed by atoms with Crippen LogP contribution < -0.4 is 0 Å². The molecule has 8 atom stereocenters. The minimum Gasteiger partial charge on any atom is -0.294 e. The number of rotatable bonds is 12. The molecule has 0 N–H and O–H groups in total. The van der Waals surface area contributed by atoms with Crippen molar-refractivity contribution in [2.45, 2.75) is 326 Å². The second-order valence-corrected chi connectivity index (χ2v) is 25.2. The normalized spacial score (nSPS) is 40.7. The molecule has 9 aliphatic rings. The Labute approximate surface area is 380 Å². The van der Waals surface area contributed by atoms with Gasteiger partial charge in [0.15, 0.2) is 0 Å². The van der Waals surface area contributed by atoms with E-state index in [0.717, 1.165) is 95.8 Å². The van der Waals surface area contributed by atoms with Gasteiger partial charge in [-0.15, -0.1) is 0 Å². The lowest BCUT2D eigenvalue weighted by atomic mass is 9.60. The minimum atomic E-state index is 0.834.